The van der Waals surface area contributed by atoms with Crippen molar-refractivity contribution in [1.29, 1.82) is 0 Å². The molecule has 0 saturated heterocycles. The standard InChI is InChI=1S/C26H40F3I/c27-24-16-21(30)13-15-22(24)19-9-6-17(7-10-19)8-11-20-12-14-23(26(29)25(20)28)18-4-2-1-3-5-18/h17-24H,1-16H2/t17?,19?,20-,21-,22?,23?,24?/m0/s1. The van der Waals surface area contributed by atoms with Gasteiger partial charge in [0.05, 0.1) is 0 Å². The summed E-state index contributed by atoms with van der Waals surface area (Å²) in [6.45, 7) is 0. The summed E-state index contributed by atoms with van der Waals surface area (Å²) < 4.78 is 44.7. The first-order valence-corrected chi connectivity index (χ1v) is 14.1. The molecular formula is C26H40F3I. The third-order valence-electron chi connectivity index (χ3n) is 9.14. The highest BCUT2D eigenvalue weighted by molar-refractivity contribution is 14.1. The van der Waals surface area contributed by atoms with E-state index in [1.807, 2.05) is 0 Å². The number of hydrogen-bond donors (Lipinski definition) is 0. The average Bonchev–Trinajstić information content (AvgIpc) is 2.76. The molecule has 4 aliphatic carbocycles. The Hall–Kier alpha value is 0.260. The Labute approximate surface area is 195 Å². The van der Waals surface area contributed by atoms with Gasteiger partial charge >= 0.3 is 0 Å². The lowest BCUT2D eigenvalue weighted by atomic mass is 9.69. The lowest BCUT2D eigenvalue weighted by Gasteiger charge is -2.39. The summed E-state index contributed by atoms with van der Waals surface area (Å²) in [7, 11) is 0. The molecule has 30 heavy (non-hydrogen) atoms. The second-order valence-corrected chi connectivity index (χ2v) is 12.7. The van der Waals surface area contributed by atoms with Crippen molar-refractivity contribution in [1.82, 2.24) is 0 Å². The van der Waals surface area contributed by atoms with Crippen molar-refractivity contribution in [2.75, 3.05) is 0 Å². The summed E-state index contributed by atoms with van der Waals surface area (Å²) in [4.78, 5) is 0. The van der Waals surface area contributed by atoms with Crippen LogP contribution in [0.3, 0.4) is 0 Å². The highest BCUT2D eigenvalue weighted by Crippen LogP contribution is 2.47. The van der Waals surface area contributed by atoms with Crippen molar-refractivity contribution in [3.05, 3.63) is 11.7 Å². The summed E-state index contributed by atoms with van der Waals surface area (Å²) >= 11 is 2.40. The SMILES string of the molecule is FC1=C(F)[C@@H](CCC2CCC(C3CC[C@H](I)CC3F)CC2)CCC1C1CCCCC1. The third kappa shape index (κ3) is 5.60. The first-order valence-electron chi connectivity index (χ1n) is 12.9. The number of hydrogen-bond acceptors (Lipinski definition) is 0. The van der Waals surface area contributed by atoms with Crippen molar-refractivity contribution in [3.8, 4) is 0 Å². The van der Waals surface area contributed by atoms with Crippen LogP contribution >= 0.6 is 22.6 Å². The summed E-state index contributed by atoms with van der Waals surface area (Å²) in [6, 6.07) is 0. The zero-order valence-corrected chi connectivity index (χ0v) is 20.6. The van der Waals surface area contributed by atoms with Gasteiger partial charge in [0.1, 0.15) is 17.8 Å². The van der Waals surface area contributed by atoms with E-state index in [0.29, 0.717) is 21.7 Å². The van der Waals surface area contributed by atoms with Gasteiger partial charge in [0.15, 0.2) is 0 Å². The Morgan fingerprint density at radius 1 is 0.700 bits per heavy atom. The van der Waals surface area contributed by atoms with Gasteiger partial charge in [0.2, 0.25) is 0 Å². The van der Waals surface area contributed by atoms with Crippen molar-refractivity contribution in [3.63, 3.8) is 0 Å². The van der Waals surface area contributed by atoms with Gasteiger partial charge in [-0.05, 0) is 94.3 Å². The molecule has 3 fully saturated rings. The molecule has 0 aromatic heterocycles. The van der Waals surface area contributed by atoms with Crippen LogP contribution in [0.5, 0.6) is 0 Å². The van der Waals surface area contributed by atoms with Gasteiger partial charge < -0.3 is 0 Å². The second kappa shape index (κ2) is 10.9. The summed E-state index contributed by atoms with van der Waals surface area (Å²) in [5.41, 5.74) is 0. The van der Waals surface area contributed by atoms with Gasteiger partial charge in [-0.3, -0.25) is 0 Å². The predicted octanol–water partition coefficient (Wildman–Crippen LogP) is 9.27. The summed E-state index contributed by atoms with van der Waals surface area (Å²) in [6.07, 6.45) is 16.3. The van der Waals surface area contributed by atoms with E-state index in [9.17, 15) is 13.2 Å². The minimum atomic E-state index is -0.608. The zero-order valence-electron chi connectivity index (χ0n) is 18.4. The largest absolute Gasteiger partial charge is 0.247 e. The first kappa shape index (κ1) is 23.4. The molecule has 0 N–H and O–H groups in total. The van der Waals surface area contributed by atoms with Crippen LogP contribution in [-0.4, -0.2) is 10.1 Å². The molecule has 0 nitrogen and oxygen atoms in total. The molecule has 4 heteroatoms. The zero-order chi connectivity index (χ0) is 21.1. The number of allylic oxidation sites excluding steroid dienone is 2. The van der Waals surface area contributed by atoms with E-state index in [2.05, 4.69) is 22.6 Å². The summed E-state index contributed by atoms with van der Waals surface area (Å²) in [5.74, 6) is 0.735. The fourth-order valence-corrected chi connectivity index (χ4v) is 8.07. The van der Waals surface area contributed by atoms with E-state index in [0.717, 1.165) is 77.0 Å². The lowest BCUT2D eigenvalue weighted by molar-refractivity contribution is 0.0832. The molecule has 0 bridgehead atoms. The van der Waals surface area contributed by atoms with Crippen LogP contribution in [0.4, 0.5) is 13.2 Å². The minimum absolute atomic E-state index is 0.136. The van der Waals surface area contributed by atoms with Gasteiger partial charge in [-0.15, -0.1) is 0 Å². The maximum Gasteiger partial charge on any atom is 0.135 e. The van der Waals surface area contributed by atoms with E-state index in [1.165, 1.54) is 25.7 Å². The molecule has 5 atom stereocenters. The van der Waals surface area contributed by atoms with Crippen molar-refractivity contribution >= 4 is 22.6 Å². The lowest BCUT2D eigenvalue weighted by Crippen LogP contribution is -2.34. The quantitative estimate of drug-likeness (QED) is 0.243. The van der Waals surface area contributed by atoms with Crippen molar-refractivity contribution in [2.45, 2.75) is 113 Å². The van der Waals surface area contributed by atoms with Gasteiger partial charge in [0, 0.05) is 15.8 Å². The van der Waals surface area contributed by atoms with Gasteiger partial charge in [-0.25, -0.2) is 13.2 Å². The fraction of sp³-hybridized carbons (Fsp3) is 0.923. The van der Waals surface area contributed by atoms with E-state index < -0.39 is 12.0 Å². The van der Waals surface area contributed by atoms with E-state index >= 15 is 0 Å². The maximum atomic E-state index is 14.8. The van der Waals surface area contributed by atoms with E-state index in [1.54, 1.807) is 0 Å². The van der Waals surface area contributed by atoms with Crippen LogP contribution in [0.25, 0.3) is 0 Å². The van der Waals surface area contributed by atoms with Gasteiger partial charge in [0.25, 0.3) is 0 Å². The monoisotopic (exact) mass is 536 g/mol. The van der Waals surface area contributed by atoms with Crippen LogP contribution in [-0.2, 0) is 0 Å². The van der Waals surface area contributed by atoms with Crippen LogP contribution in [0, 0.1) is 35.5 Å². The predicted molar refractivity (Wildman–Crippen MR) is 127 cm³/mol. The fourth-order valence-electron chi connectivity index (χ4n) is 7.22. The Morgan fingerprint density at radius 2 is 1.43 bits per heavy atom. The molecule has 4 aliphatic rings. The molecule has 0 aromatic rings. The average molecular weight is 537 g/mol. The van der Waals surface area contributed by atoms with Gasteiger partial charge in [-0.1, -0.05) is 54.7 Å². The van der Waals surface area contributed by atoms with Gasteiger partial charge in [-0.2, -0.15) is 0 Å². The van der Waals surface area contributed by atoms with Crippen LogP contribution in [0.1, 0.15) is 103 Å². The van der Waals surface area contributed by atoms with Crippen LogP contribution < -0.4 is 0 Å². The third-order valence-corrected chi connectivity index (χ3v) is 10.3. The molecule has 0 spiro atoms. The Bertz CT molecular complexity index is 577. The molecule has 0 radical (unpaired) electrons. The smallest absolute Gasteiger partial charge is 0.135 e. The van der Waals surface area contributed by atoms with Crippen LogP contribution in [0.2, 0.25) is 0 Å². The van der Waals surface area contributed by atoms with Crippen molar-refractivity contribution < 1.29 is 13.2 Å². The van der Waals surface area contributed by atoms with Crippen LogP contribution in [0.15, 0.2) is 11.7 Å². The minimum Gasteiger partial charge on any atom is -0.247 e. The normalized spacial score (nSPS) is 41.8. The molecule has 172 valence electrons. The first-order chi connectivity index (χ1) is 14.5. The summed E-state index contributed by atoms with van der Waals surface area (Å²) in [5, 5.41) is 0. The molecule has 0 aliphatic heterocycles. The van der Waals surface area contributed by atoms with E-state index in [4.69, 9.17) is 0 Å². The molecule has 0 heterocycles. The van der Waals surface area contributed by atoms with E-state index in [-0.39, 0.29) is 23.6 Å². The molecule has 3 saturated carbocycles. The molecule has 0 amide bonds. The second-order valence-electron chi connectivity index (χ2n) is 10.9. The number of rotatable bonds is 5. The molecule has 3 unspecified atom stereocenters. The Balaban J connectivity index is 1.22. The van der Waals surface area contributed by atoms with Crippen molar-refractivity contribution in [2.24, 2.45) is 35.5 Å². The Morgan fingerprint density at radius 3 is 2.13 bits per heavy atom. The highest BCUT2D eigenvalue weighted by Gasteiger charge is 2.38. The molecule has 0 aromatic carbocycles. The molecule has 4 rings (SSSR count). The molecular weight excluding hydrogens is 496 g/mol. The number of alkyl halides is 2. The highest BCUT2D eigenvalue weighted by atomic mass is 127. The topological polar surface area (TPSA) is 0 Å². The Kier molecular flexibility index (Phi) is 8.52. The maximum absolute atomic E-state index is 14.8. The number of halogens is 4.